The van der Waals surface area contributed by atoms with Crippen LogP contribution in [0.1, 0.15) is 47.3 Å². The number of hydrogen-bond donors (Lipinski definition) is 0. The number of carbonyl (C=O) groups excluding carboxylic acids is 1. The second kappa shape index (κ2) is 4.26. The zero-order chi connectivity index (χ0) is 9.97. The van der Waals surface area contributed by atoms with Gasteiger partial charge in [-0.2, -0.15) is 0 Å². The molecular formula is C12H16OS. The zero-order valence-electron chi connectivity index (χ0n) is 8.58. The minimum atomic E-state index is 0.348. The fourth-order valence-corrected chi connectivity index (χ4v) is 2.89. The van der Waals surface area contributed by atoms with Crippen LogP contribution < -0.4 is 0 Å². The quantitative estimate of drug-likeness (QED) is 0.690. The fraction of sp³-hybridized carbons (Fsp3) is 0.583. The molecule has 76 valence electrons. The molecule has 1 fully saturated rings. The molecule has 0 aliphatic heterocycles. The SMILES string of the molecule is Cc1cc(C(=O)CC2CCCC2)cs1. The van der Waals surface area contributed by atoms with Crippen LogP contribution in [0.15, 0.2) is 11.4 Å². The average Bonchev–Trinajstić information content (AvgIpc) is 2.75. The molecule has 1 heterocycles. The van der Waals surface area contributed by atoms with Crippen LogP contribution in [0.5, 0.6) is 0 Å². The van der Waals surface area contributed by atoms with Crippen molar-refractivity contribution < 1.29 is 4.79 Å². The van der Waals surface area contributed by atoms with Gasteiger partial charge in [0.05, 0.1) is 0 Å². The van der Waals surface area contributed by atoms with Crippen LogP contribution in [0.4, 0.5) is 0 Å². The van der Waals surface area contributed by atoms with Crippen molar-refractivity contribution in [3.63, 3.8) is 0 Å². The van der Waals surface area contributed by atoms with Crippen molar-refractivity contribution in [3.8, 4) is 0 Å². The van der Waals surface area contributed by atoms with Crippen molar-refractivity contribution >= 4 is 17.1 Å². The van der Waals surface area contributed by atoms with E-state index in [1.165, 1.54) is 30.6 Å². The highest BCUT2D eigenvalue weighted by molar-refractivity contribution is 7.10. The number of aryl methyl sites for hydroxylation is 1. The Kier molecular flexibility index (Phi) is 3.02. The lowest BCUT2D eigenvalue weighted by Crippen LogP contribution is -2.04. The highest BCUT2D eigenvalue weighted by Gasteiger charge is 2.19. The van der Waals surface area contributed by atoms with E-state index in [4.69, 9.17) is 0 Å². The Morgan fingerprint density at radius 2 is 2.21 bits per heavy atom. The van der Waals surface area contributed by atoms with E-state index in [-0.39, 0.29) is 0 Å². The molecule has 0 saturated heterocycles. The van der Waals surface area contributed by atoms with Crippen molar-refractivity contribution in [3.05, 3.63) is 21.9 Å². The maximum Gasteiger partial charge on any atom is 0.163 e. The van der Waals surface area contributed by atoms with E-state index in [0.29, 0.717) is 11.7 Å². The molecule has 14 heavy (non-hydrogen) atoms. The van der Waals surface area contributed by atoms with Gasteiger partial charge in [-0.25, -0.2) is 0 Å². The summed E-state index contributed by atoms with van der Waals surface area (Å²) >= 11 is 1.67. The van der Waals surface area contributed by atoms with Gasteiger partial charge in [0, 0.05) is 22.2 Å². The predicted octanol–water partition coefficient (Wildman–Crippen LogP) is 3.82. The molecule has 1 aliphatic rings. The first kappa shape index (κ1) is 9.91. The molecule has 1 nitrogen and oxygen atoms in total. The van der Waals surface area contributed by atoms with Crippen LogP contribution in [0.2, 0.25) is 0 Å². The molecule has 0 N–H and O–H groups in total. The Labute approximate surface area is 89.1 Å². The molecule has 0 aromatic carbocycles. The van der Waals surface area contributed by atoms with Crippen LogP contribution in [-0.2, 0) is 0 Å². The first-order valence-electron chi connectivity index (χ1n) is 5.34. The minimum Gasteiger partial charge on any atom is -0.294 e. The summed E-state index contributed by atoms with van der Waals surface area (Å²) in [5.74, 6) is 1.02. The number of ketones is 1. The largest absolute Gasteiger partial charge is 0.294 e. The van der Waals surface area contributed by atoms with E-state index in [1.54, 1.807) is 11.3 Å². The van der Waals surface area contributed by atoms with E-state index in [0.717, 1.165) is 12.0 Å². The lowest BCUT2D eigenvalue weighted by atomic mass is 9.98. The van der Waals surface area contributed by atoms with Gasteiger partial charge >= 0.3 is 0 Å². The van der Waals surface area contributed by atoms with Crippen LogP contribution in [0.25, 0.3) is 0 Å². The van der Waals surface area contributed by atoms with Crippen molar-refractivity contribution in [2.75, 3.05) is 0 Å². The summed E-state index contributed by atoms with van der Waals surface area (Å²) in [6.07, 6.45) is 5.93. The van der Waals surface area contributed by atoms with E-state index >= 15 is 0 Å². The molecule has 0 spiro atoms. The number of carbonyl (C=O) groups is 1. The molecule has 0 amide bonds. The zero-order valence-corrected chi connectivity index (χ0v) is 9.40. The maximum absolute atomic E-state index is 11.8. The first-order valence-corrected chi connectivity index (χ1v) is 6.22. The predicted molar refractivity (Wildman–Crippen MR) is 60.0 cm³/mol. The Hall–Kier alpha value is -0.630. The van der Waals surface area contributed by atoms with E-state index in [1.807, 2.05) is 11.4 Å². The Bertz CT molecular complexity index is 321. The summed E-state index contributed by atoms with van der Waals surface area (Å²) < 4.78 is 0. The van der Waals surface area contributed by atoms with Crippen molar-refractivity contribution in [1.29, 1.82) is 0 Å². The summed E-state index contributed by atoms with van der Waals surface area (Å²) in [7, 11) is 0. The molecule has 1 aromatic rings. The van der Waals surface area contributed by atoms with Gasteiger partial charge < -0.3 is 0 Å². The first-order chi connectivity index (χ1) is 6.75. The molecule has 0 unspecified atom stereocenters. The van der Waals surface area contributed by atoms with Gasteiger partial charge in [0.1, 0.15) is 0 Å². The lowest BCUT2D eigenvalue weighted by Gasteiger charge is -2.05. The summed E-state index contributed by atoms with van der Waals surface area (Å²) in [6.45, 7) is 2.05. The monoisotopic (exact) mass is 208 g/mol. The smallest absolute Gasteiger partial charge is 0.163 e. The molecule has 0 bridgehead atoms. The molecule has 1 aliphatic carbocycles. The van der Waals surface area contributed by atoms with Gasteiger partial charge in [-0.05, 0) is 18.9 Å². The van der Waals surface area contributed by atoms with Crippen molar-refractivity contribution in [2.24, 2.45) is 5.92 Å². The Balaban J connectivity index is 1.95. The Morgan fingerprint density at radius 3 is 2.79 bits per heavy atom. The van der Waals surface area contributed by atoms with Crippen LogP contribution in [0.3, 0.4) is 0 Å². The molecule has 2 rings (SSSR count). The summed E-state index contributed by atoms with van der Waals surface area (Å²) in [6, 6.07) is 2.02. The van der Waals surface area contributed by atoms with E-state index in [9.17, 15) is 4.79 Å². The van der Waals surface area contributed by atoms with Gasteiger partial charge in [0.25, 0.3) is 0 Å². The molecule has 2 heteroatoms. The molecule has 0 radical (unpaired) electrons. The van der Waals surface area contributed by atoms with Crippen molar-refractivity contribution in [2.45, 2.75) is 39.0 Å². The summed E-state index contributed by atoms with van der Waals surface area (Å²) in [4.78, 5) is 13.1. The van der Waals surface area contributed by atoms with Crippen LogP contribution in [0, 0.1) is 12.8 Å². The highest BCUT2D eigenvalue weighted by Crippen LogP contribution is 2.29. The Morgan fingerprint density at radius 1 is 1.50 bits per heavy atom. The number of thiophene rings is 1. The number of hydrogen-bond acceptors (Lipinski definition) is 2. The summed E-state index contributed by atoms with van der Waals surface area (Å²) in [5.41, 5.74) is 0.930. The molecule has 0 atom stereocenters. The third kappa shape index (κ3) is 2.24. The minimum absolute atomic E-state index is 0.348. The van der Waals surface area contributed by atoms with Gasteiger partial charge in [-0.1, -0.05) is 25.7 Å². The van der Waals surface area contributed by atoms with Gasteiger partial charge in [0.2, 0.25) is 0 Å². The van der Waals surface area contributed by atoms with Gasteiger partial charge in [-0.15, -0.1) is 11.3 Å². The third-order valence-corrected chi connectivity index (χ3v) is 3.86. The van der Waals surface area contributed by atoms with Crippen LogP contribution >= 0.6 is 11.3 Å². The molecule has 1 aromatic heterocycles. The fourth-order valence-electron chi connectivity index (χ4n) is 2.18. The second-order valence-corrected chi connectivity index (χ2v) is 5.34. The van der Waals surface area contributed by atoms with E-state index < -0.39 is 0 Å². The lowest BCUT2D eigenvalue weighted by molar-refractivity contribution is 0.0962. The molecule has 1 saturated carbocycles. The second-order valence-electron chi connectivity index (χ2n) is 4.22. The highest BCUT2D eigenvalue weighted by atomic mass is 32.1. The topological polar surface area (TPSA) is 17.1 Å². The average molecular weight is 208 g/mol. The van der Waals surface area contributed by atoms with Crippen LogP contribution in [-0.4, -0.2) is 5.78 Å². The van der Waals surface area contributed by atoms with E-state index in [2.05, 4.69) is 6.92 Å². The molecular weight excluding hydrogens is 192 g/mol. The van der Waals surface area contributed by atoms with Gasteiger partial charge in [-0.3, -0.25) is 4.79 Å². The summed E-state index contributed by atoms with van der Waals surface area (Å²) in [5, 5.41) is 1.99. The standard InChI is InChI=1S/C12H16OS/c1-9-6-11(8-14-9)12(13)7-10-4-2-3-5-10/h6,8,10H,2-5,7H2,1H3. The van der Waals surface area contributed by atoms with Crippen molar-refractivity contribution in [1.82, 2.24) is 0 Å². The third-order valence-electron chi connectivity index (χ3n) is 3.00. The normalized spacial score (nSPS) is 17.5. The maximum atomic E-state index is 11.8. The number of Topliss-reactive ketones (excluding diaryl/α,β-unsaturated/α-hetero) is 1. The number of rotatable bonds is 3. The van der Waals surface area contributed by atoms with Gasteiger partial charge in [0.15, 0.2) is 5.78 Å².